The van der Waals surface area contributed by atoms with Crippen LogP contribution in [0.3, 0.4) is 0 Å². The lowest BCUT2D eigenvalue weighted by Crippen LogP contribution is -2.32. The van der Waals surface area contributed by atoms with E-state index >= 15 is 0 Å². The van der Waals surface area contributed by atoms with Crippen LogP contribution >= 0.6 is 0 Å². The van der Waals surface area contributed by atoms with E-state index in [0.717, 1.165) is 4.90 Å². The average Bonchev–Trinajstić information content (AvgIpc) is 2.36. The van der Waals surface area contributed by atoms with Crippen LogP contribution in [-0.2, 0) is 4.79 Å². The number of amides is 1. The third kappa shape index (κ3) is 2.69. The minimum Gasteiger partial charge on any atom is -0.480 e. The van der Waals surface area contributed by atoms with Gasteiger partial charge in [0.25, 0.3) is 5.91 Å². The zero-order valence-electron chi connectivity index (χ0n) is 11.3. The van der Waals surface area contributed by atoms with E-state index in [4.69, 9.17) is 10.8 Å². The molecule has 1 aromatic heterocycles. The summed E-state index contributed by atoms with van der Waals surface area (Å²) in [5, 5.41) is 9.39. The number of fused-ring (bicyclic) bond motifs is 1. The molecule has 0 fully saturated rings. The maximum atomic E-state index is 12.4. The van der Waals surface area contributed by atoms with Crippen molar-refractivity contribution in [1.82, 2.24) is 9.88 Å². The normalized spacial score (nSPS) is 10.5. The zero-order chi connectivity index (χ0) is 14.9. The van der Waals surface area contributed by atoms with Gasteiger partial charge in [-0.1, -0.05) is 0 Å². The van der Waals surface area contributed by atoms with Crippen LogP contribution in [0.2, 0.25) is 0 Å². The van der Waals surface area contributed by atoms with Crippen molar-refractivity contribution in [3.05, 3.63) is 35.5 Å². The Balaban J connectivity index is 2.55. The number of benzene rings is 1. The number of aryl methyl sites for hydroxylation is 1. The number of rotatable bonds is 3. The smallest absolute Gasteiger partial charge is 0.323 e. The number of aromatic nitrogens is 1. The standard InChI is InChI=1S/C14H15N3O3/c1-8-5-11(14(20)17(2)7-13(18)19)10-6-9(15)3-4-12(10)16-8/h3-6H,7,15H2,1-2H3,(H,18,19). The van der Waals surface area contributed by atoms with Gasteiger partial charge in [-0.05, 0) is 31.2 Å². The largest absolute Gasteiger partial charge is 0.480 e. The highest BCUT2D eigenvalue weighted by molar-refractivity contribution is 6.07. The Morgan fingerprint density at radius 2 is 2.05 bits per heavy atom. The van der Waals surface area contributed by atoms with Gasteiger partial charge in [0.05, 0.1) is 11.1 Å². The fourth-order valence-electron chi connectivity index (χ4n) is 2.03. The van der Waals surface area contributed by atoms with E-state index in [2.05, 4.69) is 4.98 Å². The van der Waals surface area contributed by atoms with Gasteiger partial charge in [-0.2, -0.15) is 0 Å². The molecule has 0 aliphatic rings. The molecule has 6 heteroatoms. The first-order valence-corrected chi connectivity index (χ1v) is 6.02. The number of carbonyl (C=O) groups is 2. The number of nitrogens with zero attached hydrogens (tertiary/aromatic N) is 2. The van der Waals surface area contributed by atoms with E-state index in [1.807, 2.05) is 0 Å². The lowest BCUT2D eigenvalue weighted by Gasteiger charge is -2.16. The van der Waals surface area contributed by atoms with Crippen LogP contribution in [0, 0.1) is 6.92 Å². The number of carboxylic acids is 1. The Morgan fingerprint density at radius 3 is 2.70 bits per heavy atom. The first-order valence-electron chi connectivity index (χ1n) is 6.02. The number of hydrogen-bond donors (Lipinski definition) is 2. The Morgan fingerprint density at radius 1 is 1.35 bits per heavy atom. The van der Waals surface area contributed by atoms with E-state index < -0.39 is 5.97 Å². The van der Waals surface area contributed by atoms with Crippen LogP contribution in [-0.4, -0.2) is 40.5 Å². The summed E-state index contributed by atoms with van der Waals surface area (Å²) in [7, 11) is 1.45. The molecule has 0 saturated carbocycles. The maximum absolute atomic E-state index is 12.4. The van der Waals surface area contributed by atoms with Crippen LogP contribution in [0.4, 0.5) is 5.69 Å². The van der Waals surface area contributed by atoms with Gasteiger partial charge in [0.15, 0.2) is 0 Å². The average molecular weight is 273 g/mol. The van der Waals surface area contributed by atoms with E-state index in [1.165, 1.54) is 7.05 Å². The molecule has 20 heavy (non-hydrogen) atoms. The van der Waals surface area contributed by atoms with Crippen molar-refractivity contribution in [1.29, 1.82) is 0 Å². The molecule has 104 valence electrons. The molecule has 0 bridgehead atoms. The fraction of sp³-hybridized carbons (Fsp3) is 0.214. The summed E-state index contributed by atoms with van der Waals surface area (Å²) in [5.74, 6) is -1.43. The van der Waals surface area contributed by atoms with Gasteiger partial charge in [-0.3, -0.25) is 14.6 Å². The number of anilines is 1. The second-order valence-corrected chi connectivity index (χ2v) is 4.64. The van der Waals surface area contributed by atoms with Gasteiger partial charge in [0.1, 0.15) is 6.54 Å². The third-order valence-corrected chi connectivity index (χ3v) is 2.91. The molecular weight excluding hydrogens is 258 g/mol. The molecule has 1 amide bonds. The highest BCUT2D eigenvalue weighted by Crippen LogP contribution is 2.22. The number of hydrogen-bond acceptors (Lipinski definition) is 4. The number of carbonyl (C=O) groups excluding carboxylic acids is 1. The van der Waals surface area contributed by atoms with Gasteiger partial charge in [0, 0.05) is 23.8 Å². The number of aliphatic carboxylic acids is 1. The number of pyridine rings is 1. The topological polar surface area (TPSA) is 96.5 Å². The van der Waals surface area contributed by atoms with Gasteiger partial charge < -0.3 is 15.7 Å². The highest BCUT2D eigenvalue weighted by Gasteiger charge is 2.18. The molecule has 6 nitrogen and oxygen atoms in total. The Hall–Kier alpha value is -2.63. The molecule has 3 N–H and O–H groups in total. The molecule has 0 spiro atoms. The third-order valence-electron chi connectivity index (χ3n) is 2.91. The Labute approximate surface area is 115 Å². The first kappa shape index (κ1) is 13.8. The molecule has 0 unspecified atom stereocenters. The molecule has 0 atom stereocenters. The van der Waals surface area contributed by atoms with Crippen molar-refractivity contribution in [3.8, 4) is 0 Å². The van der Waals surface area contributed by atoms with Gasteiger partial charge in [-0.25, -0.2) is 0 Å². The van der Waals surface area contributed by atoms with Crippen molar-refractivity contribution in [3.63, 3.8) is 0 Å². The molecule has 2 aromatic rings. The summed E-state index contributed by atoms with van der Waals surface area (Å²) in [5.41, 5.74) is 8.02. The summed E-state index contributed by atoms with van der Waals surface area (Å²) in [6.07, 6.45) is 0. The number of nitrogens with two attached hydrogens (primary N) is 1. The molecular formula is C14H15N3O3. The molecule has 0 radical (unpaired) electrons. The molecule has 0 saturated heterocycles. The zero-order valence-corrected chi connectivity index (χ0v) is 11.3. The second kappa shape index (κ2) is 5.16. The van der Waals surface area contributed by atoms with E-state index in [1.54, 1.807) is 31.2 Å². The van der Waals surface area contributed by atoms with Gasteiger partial charge in [0.2, 0.25) is 0 Å². The van der Waals surface area contributed by atoms with Gasteiger partial charge in [-0.15, -0.1) is 0 Å². The second-order valence-electron chi connectivity index (χ2n) is 4.64. The lowest BCUT2D eigenvalue weighted by molar-refractivity contribution is -0.137. The first-order chi connectivity index (χ1) is 9.38. The predicted octanol–water partition coefficient (Wildman–Crippen LogP) is 1.28. The molecule has 0 aliphatic carbocycles. The van der Waals surface area contributed by atoms with E-state index in [-0.39, 0.29) is 12.5 Å². The van der Waals surface area contributed by atoms with Crippen molar-refractivity contribution in [2.75, 3.05) is 19.3 Å². The lowest BCUT2D eigenvalue weighted by atomic mass is 10.1. The minimum atomic E-state index is -1.06. The van der Waals surface area contributed by atoms with Crippen LogP contribution < -0.4 is 5.73 Å². The number of carboxylic acid groups (broad SMARTS) is 1. The Kier molecular flexibility index (Phi) is 3.56. The van der Waals surface area contributed by atoms with Crippen molar-refractivity contribution >= 4 is 28.5 Å². The minimum absolute atomic E-state index is 0.357. The molecule has 1 aromatic carbocycles. The summed E-state index contributed by atoms with van der Waals surface area (Å²) in [6, 6.07) is 6.77. The maximum Gasteiger partial charge on any atom is 0.323 e. The number of likely N-dealkylation sites (N-methyl/N-ethyl adjacent to an activating group) is 1. The van der Waals surface area contributed by atoms with Crippen LogP contribution in [0.5, 0.6) is 0 Å². The SMILES string of the molecule is Cc1cc(C(=O)N(C)CC(=O)O)c2cc(N)ccc2n1. The summed E-state index contributed by atoms with van der Waals surface area (Å²) < 4.78 is 0. The van der Waals surface area contributed by atoms with Gasteiger partial charge >= 0.3 is 5.97 Å². The van der Waals surface area contributed by atoms with Crippen LogP contribution in [0.25, 0.3) is 10.9 Å². The summed E-state index contributed by atoms with van der Waals surface area (Å²) in [6.45, 7) is 1.42. The molecule has 1 heterocycles. The van der Waals surface area contributed by atoms with Crippen molar-refractivity contribution in [2.24, 2.45) is 0 Å². The molecule has 0 aliphatic heterocycles. The van der Waals surface area contributed by atoms with Crippen LogP contribution in [0.15, 0.2) is 24.3 Å². The van der Waals surface area contributed by atoms with Crippen molar-refractivity contribution < 1.29 is 14.7 Å². The van der Waals surface area contributed by atoms with Crippen molar-refractivity contribution in [2.45, 2.75) is 6.92 Å². The van der Waals surface area contributed by atoms with Crippen LogP contribution in [0.1, 0.15) is 16.1 Å². The fourth-order valence-corrected chi connectivity index (χ4v) is 2.03. The highest BCUT2D eigenvalue weighted by atomic mass is 16.4. The number of nitrogen functional groups attached to an aromatic ring is 1. The van der Waals surface area contributed by atoms with E-state index in [0.29, 0.717) is 27.8 Å². The quantitative estimate of drug-likeness (QED) is 0.821. The van der Waals surface area contributed by atoms with E-state index in [9.17, 15) is 9.59 Å². The predicted molar refractivity (Wildman–Crippen MR) is 75.5 cm³/mol. The summed E-state index contributed by atoms with van der Waals surface area (Å²) >= 11 is 0. The molecule has 2 rings (SSSR count). The monoisotopic (exact) mass is 273 g/mol. The summed E-state index contributed by atoms with van der Waals surface area (Å²) in [4.78, 5) is 28.5. The Bertz CT molecular complexity index is 697.